The van der Waals surface area contributed by atoms with E-state index in [1.54, 1.807) is 6.26 Å². The number of primary amides is 1. The maximum Gasteiger partial charge on any atom is 0.235 e. The van der Waals surface area contributed by atoms with Gasteiger partial charge in [0.25, 0.3) is 0 Å². The number of hydrogen-bond donors (Lipinski definition) is 2. The molecule has 1 amide bonds. The molecule has 1 fully saturated rings. The minimum Gasteiger partial charge on any atom is -0.468 e. The third kappa shape index (κ3) is 2.84. The van der Waals surface area contributed by atoms with Crippen LogP contribution < -0.4 is 11.5 Å². The molecule has 5 heteroatoms. The quantitative estimate of drug-likeness (QED) is 0.714. The molecule has 0 radical (unpaired) electrons. The van der Waals surface area contributed by atoms with Gasteiger partial charge < -0.3 is 15.9 Å². The van der Waals surface area contributed by atoms with Crippen LogP contribution in [0.2, 0.25) is 0 Å². The van der Waals surface area contributed by atoms with Crippen molar-refractivity contribution in [3.63, 3.8) is 0 Å². The van der Waals surface area contributed by atoms with E-state index < -0.39 is 11.9 Å². The number of hydrogen-bond acceptors (Lipinski definition) is 4. The van der Waals surface area contributed by atoms with Crippen LogP contribution >= 0.6 is 0 Å². The summed E-state index contributed by atoms with van der Waals surface area (Å²) in [6.45, 7) is 1.19. The van der Waals surface area contributed by atoms with Crippen molar-refractivity contribution in [3.8, 4) is 0 Å². The Kier molecular flexibility index (Phi) is 3.26. The topological polar surface area (TPSA) is 85.5 Å². The summed E-state index contributed by atoms with van der Waals surface area (Å²) in [6, 6.07) is 3.70. The van der Waals surface area contributed by atoms with E-state index in [9.17, 15) is 4.79 Å². The van der Waals surface area contributed by atoms with E-state index in [1.165, 1.54) is 0 Å². The summed E-state index contributed by atoms with van der Waals surface area (Å²) >= 11 is 0. The average Bonchev–Trinajstić information content (AvgIpc) is 2.97. The number of rotatable bonds is 6. The number of nitrogens with zero attached hydrogens (tertiary/aromatic N) is 1. The van der Waals surface area contributed by atoms with Crippen LogP contribution in [0.4, 0.5) is 0 Å². The Morgan fingerprint density at radius 1 is 1.62 bits per heavy atom. The van der Waals surface area contributed by atoms with Crippen molar-refractivity contribution in [3.05, 3.63) is 24.2 Å². The molecule has 2 rings (SSSR count). The molecule has 1 aliphatic rings. The first-order valence-corrected chi connectivity index (χ1v) is 5.48. The number of amides is 1. The van der Waals surface area contributed by atoms with Crippen molar-refractivity contribution in [1.82, 2.24) is 4.90 Å². The van der Waals surface area contributed by atoms with Crippen molar-refractivity contribution >= 4 is 5.91 Å². The molecule has 0 bridgehead atoms. The minimum atomic E-state index is -0.601. The molecule has 4 N–H and O–H groups in total. The molecule has 1 unspecified atom stereocenters. The molecule has 1 saturated carbocycles. The van der Waals surface area contributed by atoms with Crippen molar-refractivity contribution in [2.75, 3.05) is 6.54 Å². The van der Waals surface area contributed by atoms with Crippen molar-refractivity contribution in [2.24, 2.45) is 11.5 Å². The van der Waals surface area contributed by atoms with Gasteiger partial charge in [-0.2, -0.15) is 0 Å². The van der Waals surface area contributed by atoms with Gasteiger partial charge in [-0.3, -0.25) is 9.69 Å². The highest BCUT2D eigenvalue weighted by molar-refractivity contribution is 5.79. The van der Waals surface area contributed by atoms with Crippen LogP contribution in [-0.2, 0) is 11.3 Å². The van der Waals surface area contributed by atoms with Gasteiger partial charge in [-0.25, -0.2) is 0 Å². The molecule has 0 aliphatic heterocycles. The molecule has 0 aromatic carbocycles. The summed E-state index contributed by atoms with van der Waals surface area (Å²) in [7, 11) is 0. The summed E-state index contributed by atoms with van der Waals surface area (Å²) in [6.07, 6.45) is 3.97. The van der Waals surface area contributed by atoms with Gasteiger partial charge in [0.1, 0.15) is 5.76 Å². The van der Waals surface area contributed by atoms with Crippen molar-refractivity contribution < 1.29 is 9.21 Å². The van der Waals surface area contributed by atoms with E-state index in [2.05, 4.69) is 4.90 Å². The molecule has 88 valence electrons. The Labute approximate surface area is 94.4 Å². The van der Waals surface area contributed by atoms with Crippen molar-refractivity contribution in [2.45, 2.75) is 31.5 Å². The van der Waals surface area contributed by atoms with E-state index in [1.807, 2.05) is 12.1 Å². The van der Waals surface area contributed by atoms with Gasteiger partial charge in [0.05, 0.1) is 18.8 Å². The average molecular weight is 223 g/mol. The second-order valence-electron chi connectivity index (χ2n) is 4.25. The third-order valence-electron chi connectivity index (χ3n) is 2.80. The Hall–Kier alpha value is -1.33. The first-order valence-electron chi connectivity index (χ1n) is 5.48. The van der Waals surface area contributed by atoms with Crippen LogP contribution in [0.25, 0.3) is 0 Å². The zero-order valence-corrected chi connectivity index (χ0v) is 9.13. The fourth-order valence-corrected chi connectivity index (χ4v) is 1.73. The molecular formula is C11H17N3O2. The Morgan fingerprint density at radius 2 is 2.38 bits per heavy atom. The summed E-state index contributed by atoms with van der Waals surface area (Å²) in [5, 5.41) is 0. The van der Waals surface area contributed by atoms with E-state index in [0.29, 0.717) is 19.1 Å². The Balaban J connectivity index is 1.92. The lowest BCUT2D eigenvalue weighted by Crippen LogP contribution is -2.46. The van der Waals surface area contributed by atoms with Gasteiger partial charge in [0, 0.05) is 12.6 Å². The molecule has 0 spiro atoms. The highest BCUT2D eigenvalue weighted by Crippen LogP contribution is 2.28. The monoisotopic (exact) mass is 223 g/mol. The largest absolute Gasteiger partial charge is 0.468 e. The smallest absolute Gasteiger partial charge is 0.235 e. The van der Waals surface area contributed by atoms with Gasteiger partial charge in [-0.05, 0) is 25.0 Å². The predicted octanol–water partition coefficient (Wildman–Crippen LogP) is 0.0566. The molecule has 0 saturated heterocycles. The van der Waals surface area contributed by atoms with Crippen LogP contribution in [0, 0.1) is 0 Å². The number of carbonyl (C=O) groups is 1. The fourth-order valence-electron chi connectivity index (χ4n) is 1.73. The van der Waals surface area contributed by atoms with Crippen LogP contribution in [-0.4, -0.2) is 29.4 Å². The van der Waals surface area contributed by atoms with Gasteiger partial charge in [-0.1, -0.05) is 0 Å². The van der Waals surface area contributed by atoms with E-state index in [0.717, 1.165) is 18.6 Å². The third-order valence-corrected chi connectivity index (χ3v) is 2.80. The molecule has 16 heavy (non-hydrogen) atoms. The summed E-state index contributed by atoms with van der Waals surface area (Å²) in [5.74, 6) is 0.439. The van der Waals surface area contributed by atoms with Gasteiger partial charge >= 0.3 is 0 Å². The lowest BCUT2D eigenvalue weighted by molar-refractivity contribution is -0.119. The van der Waals surface area contributed by atoms with E-state index >= 15 is 0 Å². The van der Waals surface area contributed by atoms with Crippen molar-refractivity contribution in [1.29, 1.82) is 0 Å². The number of nitrogens with two attached hydrogens (primary N) is 2. The zero-order valence-electron chi connectivity index (χ0n) is 9.13. The molecule has 1 aromatic rings. The highest BCUT2D eigenvalue weighted by Gasteiger charge is 2.31. The molecule has 1 aromatic heterocycles. The van der Waals surface area contributed by atoms with E-state index in [-0.39, 0.29) is 0 Å². The Bertz CT molecular complexity index is 346. The Morgan fingerprint density at radius 3 is 2.88 bits per heavy atom. The second kappa shape index (κ2) is 4.67. The lowest BCUT2D eigenvalue weighted by Gasteiger charge is -2.22. The fraction of sp³-hybridized carbons (Fsp3) is 0.545. The summed E-state index contributed by atoms with van der Waals surface area (Å²) < 4.78 is 5.29. The normalized spacial score (nSPS) is 17.6. The molecule has 1 atom stereocenters. The SMILES string of the molecule is NC(=O)C(N)CN(Cc1ccco1)C1CC1. The number of furan rings is 1. The first-order chi connectivity index (χ1) is 7.66. The zero-order chi connectivity index (χ0) is 11.5. The summed E-state index contributed by atoms with van der Waals surface area (Å²) in [4.78, 5) is 13.1. The van der Waals surface area contributed by atoms with Gasteiger partial charge in [-0.15, -0.1) is 0 Å². The first kappa shape index (κ1) is 11.2. The maximum atomic E-state index is 10.9. The van der Waals surface area contributed by atoms with Crippen LogP contribution in [0.1, 0.15) is 18.6 Å². The number of carbonyl (C=O) groups excluding carboxylic acids is 1. The van der Waals surface area contributed by atoms with Gasteiger partial charge in [0.2, 0.25) is 5.91 Å². The van der Waals surface area contributed by atoms with Crippen LogP contribution in [0.15, 0.2) is 22.8 Å². The standard InChI is InChI=1S/C11H17N3O2/c12-10(11(13)15)7-14(8-3-4-8)6-9-2-1-5-16-9/h1-2,5,8,10H,3-4,6-7,12H2,(H2,13,15). The van der Waals surface area contributed by atoms with E-state index in [4.69, 9.17) is 15.9 Å². The molecule has 1 aliphatic carbocycles. The lowest BCUT2D eigenvalue weighted by atomic mass is 10.2. The highest BCUT2D eigenvalue weighted by atomic mass is 16.3. The maximum absolute atomic E-state index is 10.9. The molecular weight excluding hydrogens is 206 g/mol. The van der Waals surface area contributed by atoms with Crippen LogP contribution in [0.5, 0.6) is 0 Å². The predicted molar refractivity (Wildman–Crippen MR) is 59.3 cm³/mol. The van der Waals surface area contributed by atoms with Crippen LogP contribution in [0.3, 0.4) is 0 Å². The summed E-state index contributed by atoms with van der Waals surface area (Å²) in [5.41, 5.74) is 10.8. The van der Waals surface area contributed by atoms with Gasteiger partial charge in [0.15, 0.2) is 0 Å². The molecule has 5 nitrogen and oxygen atoms in total. The molecule has 1 heterocycles. The second-order valence-corrected chi connectivity index (χ2v) is 4.25. The minimum absolute atomic E-state index is 0.454.